The number of ether oxygens (including phenoxy) is 1. The zero-order valence-electron chi connectivity index (χ0n) is 28.3. The highest BCUT2D eigenvalue weighted by Gasteiger charge is 2.28. The van der Waals surface area contributed by atoms with Gasteiger partial charge in [-0.2, -0.15) is 0 Å². The van der Waals surface area contributed by atoms with Gasteiger partial charge in [0.15, 0.2) is 29.0 Å². The summed E-state index contributed by atoms with van der Waals surface area (Å²) in [4.78, 5) is 21.0. The molecule has 1 aliphatic rings. The first-order valence-electron chi connectivity index (χ1n) is 17.3. The Morgan fingerprint density at radius 2 is 1.06 bits per heavy atom. The number of fused-ring (bicyclic) bond motifs is 5. The van der Waals surface area contributed by atoms with Crippen LogP contribution in [0, 0.1) is 6.57 Å². The van der Waals surface area contributed by atoms with E-state index >= 15 is 0 Å². The second-order valence-corrected chi connectivity index (χ2v) is 12.8. The van der Waals surface area contributed by atoms with Gasteiger partial charge in [0.1, 0.15) is 0 Å². The van der Waals surface area contributed by atoms with Gasteiger partial charge in [-0.1, -0.05) is 115 Å². The summed E-state index contributed by atoms with van der Waals surface area (Å²) in [5, 5.41) is 2.13. The molecule has 1 aliphatic heterocycles. The van der Waals surface area contributed by atoms with E-state index < -0.39 is 0 Å². The molecule has 7 nitrogen and oxygen atoms in total. The number of hydrogen-bond donors (Lipinski definition) is 0. The Balaban J connectivity index is 1.16. The van der Waals surface area contributed by atoms with Gasteiger partial charge in [-0.05, 0) is 48.5 Å². The molecule has 2 aromatic heterocycles. The van der Waals surface area contributed by atoms with Crippen LogP contribution >= 0.6 is 0 Å². The molecule has 7 aromatic carbocycles. The average Bonchev–Trinajstić information content (AvgIpc) is 3.55. The molecule has 0 saturated carbocycles. The fourth-order valence-corrected chi connectivity index (χ4v) is 7.21. The van der Waals surface area contributed by atoms with Crippen LogP contribution in [0.4, 0.5) is 22.7 Å². The number of hydrogen-bond acceptors (Lipinski definition) is 5. The fraction of sp³-hybridized carbons (Fsp3) is 0. The van der Waals surface area contributed by atoms with Crippen molar-refractivity contribution in [2.75, 3.05) is 4.90 Å². The highest BCUT2D eigenvalue weighted by molar-refractivity contribution is 6.12. The summed E-state index contributed by atoms with van der Waals surface area (Å²) in [7, 11) is 0. The zero-order chi connectivity index (χ0) is 35.3. The molecule has 0 saturated heterocycles. The van der Waals surface area contributed by atoms with Crippen molar-refractivity contribution in [3.8, 4) is 51.3 Å². The van der Waals surface area contributed by atoms with Crippen LogP contribution in [-0.4, -0.2) is 19.5 Å². The Bertz CT molecular complexity index is 2820. The number of aromatic nitrogens is 4. The number of para-hydroxylation sites is 4. The van der Waals surface area contributed by atoms with Crippen LogP contribution in [-0.2, 0) is 0 Å². The maximum absolute atomic E-state index is 8.40. The number of anilines is 3. The standard InChI is InChI=1S/C46H28N6O/c1-47-36-27-32(46-49-44(30-15-5-2-6-16-30)48-45(50-46)31-17-7-3-8-18-31)25-26-38(36)52-37-22-12-11-21-34(37)35-28-41-43(29-40(35)52)53-42-24-14-13-23-39(42)51(41)33-19-9-4-10-20-33/h2-29H. The quantitative estimate of drug-likeness (QED) is 0.169. The van der Waals surface area contributed by atoms with Crippen LogP contribution in [0.5, 0.6) is 11.5 Å². The number of nitrogens with zero attached hydrogens (tertiary/aromatic N) is 6. The minimum Gasteiger partial charge on any atom is -0.453 e. The molecule has 10 rings (SSSR count). The molecule has 7 heteroatoms. The van der Waals surface area contributed by atoms with E-state index in [1.807, 2.05) is 109 Å². The number of rotatable bonds is 5. The van der Waals surface area contributed by atoms with Gasteiger partial charge in [0, 0.05) is 39.2 Å². The van der Waals surface area contributed by atoms with Crippen molar-refractivity contribution in [2.45, 2.75) is 0 Å². The summed E-state index contributed by atoms with van der Waals surface area (Å²) in [5.74, 6) is 3.15. The Morgan fingerprint density at radius 1 is 0.453 bits per heavy atom. The average molecular weight is 681 g/mol. The molecular formula is C46H28N6O. The van der Waals surface area contributed by atoms with E-state index in [0.717, 1.165) is 72.7 Å². The van der Waals surface area contributed by atoms with E-state index in [-0.39, 0.29) is 0 Å². The summed E-state index contributed by atoms with van der Waals surface area (Å²) in [5.41, 5.74) is 8.63. The molecular weight excluding hydrogens is 653 g/mol. The maximum atomic E-state index is 8.40. The predicted octanol–water partition coefficient (Wildman–Crippen LogP) is 12.1. The molecule has 0 N–H and O–H groups in total. The molecule has 0 atom stereocenters. The van der Waals surface area contributed by atoms with E-state index in [0.29, 0.717) is 23.2 Å². The van der Waals surface area contributed by atoms with Gasteiger partial charge >= 0.3 is 0 Å². The fourth-order valence-electron chi connectivity index (χ4n) is 7.21. The van der Waals surface area contributed by atoms with Gasteiger partial charge in [0.2, 0.25) is 5.69 Å². The lowest BCUT2D eigenvalue weighted by Crippen LogP contribution is -2.15. The lowest BCUT2D eigenvalue weighted by atomic mass is 10.1. The third-order valence-corrected chi connectivity index (χ3v) is 9.63. The van der Waals surface area contributed by atoms with Crippen molar-refractivity contribution in [2.24, 2.45) is 0 Å². The van der Waals surface area contributed by atoms with Crippen LogP contribution < -0.4 is 9.64 Å². The monoisotopic (exact) mass is 680 g/mol. The topological polar surface area (TPSA) is 60.4 Å². The first-order chi connectivity index (χ1) is 26.2. The highest BCUT2D eigenvalue weighted by atomic mass is 16.5. The van der Waals surface area contributed by atoms with Crippen molar-refractivity contribution < 1.29 is 4.74 Å². The number of benzene rings is 7. The molecule has 0 radical (unpaired) electrons. The maximum Gasteiger partial charge on any atom is 0.211 e. The second kappa shape index (κ2) is 12.3. The Kier molecular flexibility index (Phi) is 7.05. The first kappa shape index (κ1) is 30.3. The Morgan fingerprint density at radius 3 is 1.75 bits per heavy atom. The van der Waals surface area contributed by atoms with Crippen molar-refractivity contribution in [3.63, 3.8) is 0 Å². The smallest absolute Gasteiger partial charge is 0.211 e. The molecule has 53 heavy (non-hydrogen) atoms. The second-order valence-electron chi connectivity index (χ2n) is 12.8. The lowest BCUT2D eigenvalue weighted by molar-refractivity contribution is 0.477. The normalized spacial score (nSPS) is 11.9. The molecule has 0 bridgehead atoms. The van der Waals surface area contributed by atoms with Crippen LogP contribution in [0.3, 0.4) is 0 Å². The lowest BCUT2D eigenvalue weighted by Gasteiger charge is -2.33. The van der Waals surface area contributed by atoms with Crippen molar-refractivity contribution in [1.82, 2.24) is 19.5 Å². The van der Waals surface area contributed by atoms with Crippen LogP contribution in [0.15, 0.2) is 170 Å². The predicted molar refractivity (Wildman–Crippen MR) is 211 cm³/mol. The van der Waals surface area contributed by atoms with E-state index in [1.165, 1.54) is 0 Å². The van der Waals surface area contributed by atoms with Crippen LogP contribution in [0.1, 0.15) is 0 Å². The summed E-state index contributed by atoms with van der Waals surface area (Å²) in [6.07, 6.45) is 0. The molecule has 0 amide bonds. The van der Waals surface area contributed by atoms with Gasteiger partial charge in [-0.25, -0.2) is 19.8 Å². The molecule has 0 aliphatic carbocycles. The van der Waals surface area contributed by atoms with Crippen molar-refractivity contribution in [1.29, 1.82) is 0 Å². The van der Waals surface area contributed by atoms with Crippen molar-refractivity contribution in [3.05, 3.63) is 181 Å². The molecule has 248 valence electrons. The van der Waals surface area contributed by atoms with Crippen LogP contribution in [0.25, 0.3) is 66.5 Å². The largest absolute Gasteiger partial charge is 0.453 e. The van der Waals surface area contributed by atoms with E-state index in [9.17, 15) is 0 Å². The van der Waals surface area contributed by atoms with E-state index in [1.54, 1.807) is 0 Å². The summed E-state index contributed by atoms with van der Waals surface area (Å²) in [6.45, 7) is 8.40. The van der Waals surface area contributed by atoms with Gasteiger partial charge in [0.25, 0.3) is 0 Å². The summed E-state index contributed by atoms with van der Waals surface area (Å²) >= 11 is 0. The van der Waals surface area contributed by atoms with E-state index in [2.05, 4.69) is 75.0 Å². The Labute approximate surface area is 305 Å². The van der Waals surface area contributed by atoms with Crippen molar-refractivity contribution >= 4 is 44.6 Å². The third kappa shape index (κ3) is 5.09. The third-order valence-electron chi connectivity index (χ3n) is 9.63. The minimum atomic E-state index is 0.475. The SMILES string of the molecule is [C-]#[N+]c1cc(-c2nc(-c3ccccc3)nc(-c3ccccc3)n2)ccc1-n1c2ccccc2c2cc3c(cc21)Oc1ccccc1N3c1ccccc1. The van der Waals surface area contributed by atoms with Gasteiger partial charge < -0.3 is 14.2 Å². The molecule has 0 unspecified atom stereocenters. The molecule has 0 fully saturated rings. The highest BCUT2D eigenvalue weighted by Crippen LogP contribution is 2.52. The van der Waals surface area contributed by atoms with Gasteiger partial charge in [-0.3, -0.25) is 0 Å². The molecule has 0 spiro atoms. The minimum absolute atomic E-state index is 0.475. The molecule has 9 aromatic rings. The van der Waals surface area contributed by atoms with Gasteiger partial charge in [-0.15, -0.1) is 0 Å². The zero-order valence-corrected chi connectivity index (χ0v) is 28.3. The molecule has 3 heterocycles. The van der Waals surface area contributed by atoms with E-state index in [4.69, 9.17) is 26.3 Å². The van der Waals surface area contributed by atoms with Crippen LogP contribution in [0.2, 0.25) is 0 Å². The summed E-state index contributed by atoms with van der Waals surface area (Å²) in [6, 6.07) is 56.7. The first-order valence-corrected chi connectivity index (χ1v) is 17.3. The van der Waals surface area contributed by atoms with Gasteiger partial charge in [0.05, 0.1) is 34.7 Å². The summed E-state index contributed by atoms with van der Waals surface area (Å²) < 4.78 is 8.78. The Hall–Kier alpha value is -7.56.